The van der Waals surface area contributed by atoms with Gasteiger partial charge in [0.25, 0.3) is 0 Å². The Kier molecular flexibility index (Phi) is 7.44. The Balaban J connectivity index is 1.41. The number of benzene rings is 3. The van der Waals surface area contributed by atoms with E-state index in [0.29, 0.717) is 35.5 Å². The zero-order chi connectivity index (χ0) is 30.2. The third-order valence-corrected chi connectivity index (χ3v) is 7.00. The number of halogens is 3. The lowest BCUT2D eigenvalue weighted by molar-refractivity contribution is -0.193. The van der Waals surface area contributed by atoms with Gasteiger partial charge in [0.2, 0.25) is 0 Å². The molecule has 1 aliphatic rings. The summed E-state index contributed by atoms with van der Waals surface area (Å²) in [7, 11) is 0. The molecule has 0 saturated carbocycles. The highest BCUT2D eigenvalue weighted by atomic mass is 19.4. The predicted molar refractivity (Wildman–Crippen MR) is 153 cm³/mol. The summed E-state index contributed by atoms with van der Waals surface area (Å²) >= 11 is 0. The van der Waals surface area contributed by atoms with Gasteiger partial charge in [-0.2, -0.15) is 13.2 Å². The normalized spacial score (nSPS) is 15.0. The number of esters is 2. The fourth-order valence-electron chi connectivity index (χ4n) is 5.10. The minimum Gasteiger partial charge on any atom is -0.440 e. The number of hydrogen-bond donors (Lipinski definition) is 2. The molecular formula is C31H28F3N3O5. The quantitative estimate of drug-likeness (QED) is 0.197. The number of anilines is 3. The van der Waals surface area contributed by atoms with Gasteiger partial charge in [0.1, 0.15) is 5.58 Å². The summed E-state index contributed by atoms with van der Waals surface area (Å²) in [5.74, 6) is -3.64. The van der Waals surface area contributed by atoms with E-state index in [-0.39, 0.29) is 22.2 Å². The second-order valence-corrected chi connectivity index (χ2v) is 10.7. The van der Waals surface area contributed by atoms with E-state index in [1.54, 1.807) is 19.1 Å². The Bertz CT molecular complexity index is 1710. The van der Waals surface area contributed by atoms with Crippen molar-refractivity contribution in [1.82, 2.24) is 0 Å². The van der Waals surface area contributed by atoms with Gasteiger partial charge in [-0.3, -0.25) is 4.79 Å². The minimum absolute atomic E-state index is 0.142. The molecule has 8 nitrogen and oxygen atoms in total. The van der Waals surface area contributed by atoms with E-state index in [1.807, 2.05) is 48.2 Å². The average Bonchev–Trinajstić information content (AvgIpc) is 2.91. The second-order valence-electron chi connectivity index (χ2n) is 10.7. The van der Waals surface area contributed by atoms with Crippen molar-refractivity contribution in [3.63, 3.8) is 0 Å². The Morgan fingerprint density at radius 3 is 2.38 bits per heavy atom. The van der Waals surface area contributed by atoms with Crippen LogP contribution in [0.5, 0.6) is 0 Å². The molecule has 1 aliphatic heterocycles. The van der Waals surface area contributed by atoms with Gasteiger partial charge in [-0.1, -0.05) is 36.4 Å². The van der Waals surface area contributed by atoms with Crippen LogP contribution in [0, 0.1) is 6.92 Å². The molecule has 4 aromatic rings. The van der Waals surface area contributed by atoms with Gasteiger partial charge in [-0.15, -0.1) is 0 Å². The van der Waals surface area contributed by atoms with Crippen LogP contribution >= 0.6 is 0 Å². The summed E-state index contributed by atoms with van der Waals surface area (Å²) < 4.78 is 48.3. The lowest BCUT2D eigenvalue weighted by Crippen LogP contribution is -2.64. The lowest BCUT2D eigenvalue weighted by Gasteiger charge is -2.49. The van der Waals surface area contributed by atoms with E-state index in [4.69, 9.17) is 4.42 Å². The molecule has 1 unspecified atom stereocenters. The number of fused-ring (bicyclic) bond motifs is 1. The molecule has 3 aromatic carbocycles. The molecule has 1 fully saturated rings. The molecule has 42 heavy (non-hydrogen) atoms. The molecule has 0 aliphatic carbocycles. The van der Waals surface area contributed by atoms with Crippen molar-refractivity contribution in [2.24, 2.45) is 0 Å². The number of alkyl halides is 3. The summed E-state index contributed by atoms with van der Waals surface area (Å²) in [6, 6.07) is 20.0. The fraction of sp³-hybridized carbons (Fsp3) is 0.258. The average molecular weight is 580 g/mol. The Morgan fingerprint density at radius 2 is 1.69 bits per heavy atom. The molecular weight excluding hydrogens is 551 g/mol. The van der Waals surface area contributed by atoms with Crippen LogP contribution in [-0.2, 0) is 9.53 Å². The van der Waals surface area contributed by atoms with Crippen molar-refractivity contribution in [1.29, 1.82) is 0 Å². The number of nitrogens with zero attached hydrogens (tertiary/aromatic N) is 1. The number of para-hydroxylation sites is 2. The number of carbonyl (C=O) groups excluding carboxylic acids is 2. The molecule has 5 rings (SSSR count). The number of hydrogen-bond acceptors (Lipinski definition) is 8. The van der Waals surface area contributed by atoms with Crippen LogP contribution in [0.4, 0.5) is 30.4 Å². The van der Waals surface area contributed by atoms with Crippen LogP contribution in [-0.4, -0.2) is 36.7 Å². The van der Waals surface area contributed by atoms with E-state index in [9.17, 15) is 27.6 Å². The lowest BCUT2D eigenvalue weighted by atomic mass is 9.91. The maximum absolute atomic E-state index is 13.2. The summed E-state index contributed by atoms with van der Waals surface area (Å²) in [5.41, 5.74) is 2.16. The summed E-state index contributed by atoms with van der Waals surface area (Å²) in [6.07, 6.45) is -5.31. The molecule has 0 spiro atoms. The number of aryl methyl sites for hydroxylation is 1. The third-order valence-electron chi connectivity index (χ3n) is 7.00. The molecule has 2 N–H and O–H groups in total. The van der Waals surface area contributed by atoms with Crippen LogP contribution in [0.3, 0.4) is 0 Å². The van der Waals surface area contributed by atoms with Crippen molar-refractivity contribution in [3.8, 4) is 0 Å². The first-order valence-electron chi connectivity index (χ1n) is 13.2. The molecule has 1 atom stereocenters. The van der Waals surface area contributed by atoms with Gasteiger partial charge >= 0.3 is 18.1 Å². The van der Waals surface area contributed by atoms with Crippen molar-refractivity contribution in [2.75, 3.05) is 28.6 Å². The van der Waals surface area contributed by atoms with Crippen LogP contribution in [0.25, 0.3) is 11.0 Å². The van der Waals surface area contributed by atoms with E-state index >= 15 is 0 Å². The van der Waals surface area contributed by atoms with Crippen molar-refractivity contribution < 1.29 is 31.9 Å². The molecule has 1 aromatic heterocycles. The third kappa shape index (κ3) is 5.95. The predicted octanol–water partition coefficient (Wildman–Crippen LogP) is 6.21. The van der Waals surface area contributed by atoms with Gasteiger partial charge in [0.05, 0.1) is 22.5 Å². The molecule has 2 heterocycles. The Morgan fingerprint density at radius 1 is 1.02 bits per heavy atom. The SMILES string of the molecule is Cc1cc(C(C)Nc2ccccc2C(=O)OC(=O)C(F)(F)F)c2oc(N3CC(C)(Nc4ccccc4)C3)cc(=O)c2c1. The Labute approximate surface area is 239 Å². The molecule has 11 heteroatoms. The van der Waals surface area contributed by atoms with E-state index in [2.05, 4.69) is 22.3 Å². The standard InChI is InChI=1S/C31H28F3N3O5/c1-18-13-22(19(2)35-24-12-8-7-11-21(24)28(39)42-29(40)31(32,33)34)27-23(14-18)25(38)15-26(41-27)37-16-30(3,17-37)36-20-9-5-4-6-10-20/h4-15,19,35-36H,16-17H2,1-3H3. The molecule has 1 saturated heterocycles. The zero-order valence-corrected chi connectivity index (χ0v) is 23.0. The van der Waals surface area contributed by atoms with Gasteiger partial charge < -0.3 is 24.7 Å². The highest BCUT2D eigenvalue weighted by Crippen LogP contribution is 2.34. The smallest absolute Gasteiger partial charge is 0.440 e. The van der Waals surface area contributed by atoms with E-state index < -0.39 is 24.2 Å². The monoisotopic (exact) mass is 579 g/mol. The maximum atomic E-state index is 13.2. The zero-order valence-electron chi connectivity index (χ0n) is 23.0. The van der Waals surface area contributed by atoms with Crippen LogP contribution in [0.15, 0.2) is 82.0 Å². The highest BCUT2D eigenvalue weighted by Gasteiger charge is 2.43. The van der Waals surface area contributed by atoms with Gasteiger partial charge in [-0.05, 0) is 56.7 Å². The van der Waals surface area contributed by atoms with Crippen LogP contribution < -0.4 is 21.0 Å². The molecule has 0 amide bonds. The summed E-state index contributed by atoms with van der Waals surface area (Å²) in [6.45, 7) is 6.86. The number of ether oxygens (including phenoxy) is 1. The first kappa shape index (κ1) is 28.7. The summed E-state index contributed by atoms with van der Waals surface area (Å²) in [4.78, 5) is 38.8. The van der Waals surface area contributed by atoms with Crippen molar-refractivity contribution >= 4 is 40.2 Å². The highest BCUT2D eigenvalue weighted by molar-refractivity contribution is 6.02. The largest absolute Gasteiger partial charge is 0.491 e. The van der Waals surface area contributed by atoms with Crippen molar-refractivity contribution in [2.45, 2.75) is 38.5 Å². The molecule has 0 bridgehead atoms. The van der Waals surface area contributed by atoms with E-state index in [0.717, 1.165) is 11.3 Å². The van der Waals surface area contributed by atoms with E-state index in [1.165, 1.54) is 24.3 Å². The summed E-state index contributed by atoms with van der Waals surface area (Å²) in [5, 5.41) is 6.98. The first-order chi connectivity index (χ1) is 19.8. The maximum Gasteiger partial charge on any atom is 0.491 e. The Hall–Kier alpha value is -4.80. The number of nitrogens with one attached hydrogen (secondary N) is 2. The molecule has 218 valence electrons. The van der Waals surface area contributed by atoms with Crippen LogP contribution in [0.2, 0.25) is 0 Å². The van der Waals surface area contributed by atoms with Crippen LogP contribution in [0.1, 0.15) is 41.4 Å². The van der Waals surface area contributed by atoms with Crippen molar-refractivity contribution in [3.05, 3.63) is 99.7 Å². The van der Waals surface area contributed by atoms with Gasteiger partial charge in [0.15, 0.2) is 11.3 Å². The number of carbonyl (C=O) groups is 2. The second kappa shape index (κ2) is 10.9. The van der Waals surface area contributed by atoms with Gasteiger partial charge in [0, 0.05) is 36.1 Å². The molecule has 0 radical (unpaired) electrons. The van der Waals surface area contributed by atoms with Gasteiger partial charge in [-0.25, -0.2) is 9.59 Å². The fourth-order valence-corrected chi connectivity index (χ4v) is 5.10. The number of rotatable bonds is 7. The first-order valence-corrected chi connectivity index (χ1v) is 13.2. The topological polar surface area (TPSA) is 101 Å². The minimum atomic E-state index is -5.31.